The fourth-order valence-electron chi connectivity index (χ4n) is 3.83. The second-order valence-electron chi connectivity index (χ2n) is 8.24. The number of morpholine rings is 1. The number of nitrogens with one attached hydrogen (secondary N) is 1. The van der Waals surface area contributed by atoms with Crippen molar-refractivity contribution in [2.24, 2.45) is 0 Å². The summed E-state index contributed by atoms with van der Waals surface area (Å²) in [5, 5.41) is 3.56. The summed E-state index contributed by atoms with van der Waals surface area (Å²) in [6.45, 7) is 6.02. The van der Waals surface area contributed by atoms with Crippen LogP contribution in [0.4, 0.5) is 4.39 Å². The lowest BCUT2D eigenvalue weighted by molar-refractivity contribution is 0.0383. The average Bonchev–Trinajstić information content (AvgIpc) is 3.30. The molecule has 1 N–H and O–H groups in total. The van der Waals surface area contributed by atoms with E-state index in [2.05, 4.69) is 20.1 Å². The maximum Gasteiger partial charge on any atom is 0.273 e. The average molecular weight is 487 g/mol. The van der Waals surface area contributed by atoms with E-state index in [1.807, 2.05) is 24.3 Å². The van der Waals surface area contributed by atoms with Crippen LogP contribution < -0.4 is 5.32 Å². The SMILES string of the molecule is O=C(NCCN1CCOCC1)c1coc(CN(Cc2ccc(F)cc2)Cc2cccc(Cl)c2)n1. The molecule has 1 aromatic heterocycles. The lowest BCUT2D eigenvalue weighted by atomic mass is 10.1. The molecule has 1 amide bonds. The lowest BCUT2D eigenvalue weighted by Gasteiger charge is -2.26. The first-order valence-electron chi connectivity index (χ1n) is 11.3. The Labute approximate surface area is 203 Å². The second kappa shape index (κ2) is 12.1. The number of hydrogen-bond acceptors (Lipinski definition) is 6. The van der Waals surface area contributed by atoms with Crippen LogP contribution in [0.25, 0.3) is 0 Å². The monoisotopic (exact) mass is 486 g/mol. The van der Waals surface area contributed by atoms with E-state index in [-0.39, 0.29) is 17.4 Å². The second-order valence-corrected chi connectivity index (χ2v) is 8.67. The number of amides is 1. The van der Waals surface area contributed by atoms with Crippen molar-refractivity contribution in [2.75, 3.05) is 39.4 Å². The van der Waals surface area contributed by atoms with Gasteiger partial charge in [0.25, 0.3) is 5.91 Å². The molecule has 0 saturated carbocycles. The molecule has 0 atom stereocenters. The number of aromatic nitrogens is 1. The first-order valence-corrected chi connectivity index (χ1v) is 11.7. The fraction of sp³-hybridized carbons (Fsp3) is 0.360. The minimum absolute atomic E-state index is 0.251. The van der Waals surface area contributed by atoms with Crippen LogP contribution in [0, 0.1) is 5.82 Å². The van der Waals surface area contributed by atoms with Crippen molar-refractivity contribution in [3.8, 4) is 0 Å². The first-order chi connectivity index (χ1) is 16.5. The van der Waals surface area contributed by atoms with Crippen LogP contribution in [0.2, 0.25) is 5.02 Å². The Kier molecular flexibility index (Phi) is 8.65. The minimum Gasteiger partial charge on any atom is -0.447 e. The topological polar surface area (TPSA) is 70.8 Å². The van der Waals surface area contributed by atoms with Crippen LogP contribution in [-0.4, -0.2) is 60.1 Å². The third-order valence-corrected chi connectivity index (χ3v) is 5.81. The molecule has 0 aliphatic carbocycles. The highest BCUT2D eigenvalue weighted by atomic mass is 35.5. The van der Waals surface area contributed by atoms with Crippen LogP contribution in [0.1, 0.15) is 27.5 Å². The molecule has 3 aromatic rings. The molecule has 7 nitrogen and oxygen atoms in total. The van der Waals surface area contributed by atoms with Crippen molar-refractivity contribution < 1.29 is 18.3 Å². The van der Waals surface area contributed by atoms with Crippen molar-refractivity contribution in [3.05, 3.63) is 88.3 Å². The van der Waals surface area contributed by atoms with Gasteiger partial charge in [-0.1, -0.05) is 35.9 Å². The van der Waals surface area contributed by atoms with Crippen molar-refractivity contribution in [1.29, 1.82) is 0 Å². The zero-order chi connectivity index (χ0) is 23.8. The molecule has 2 heterocycles. The van der Waals surface area contributed by atoms with Gasteiger partial charge in [-0.3, -0.25) is 14.6 Å². The summed E-state index contributed by atoms with van der Waals surface area (Å²) in [5.41, 5.74) is 2.24. The maximum atomic E-state index is 13.3. The molecule has 0 bridgehead atoms. The Bertz CT molecular complexity index is 1070. The third-order valence-electron chi connectivity index (χ3n) is 5.58. The zero-order valence-electron chi connectivity index (χ0n) is 18.9. The molecule has 4 rings (SSSR count). The quantitative estimate of drug-likeness (QED) is 0.471. The number of halogens is 2. The standard InChI is InChI=1S/C25H28ClFN4O3/c26-21-3-1-2-20(14-21)16-31(15-19-4-6-22(27)7-5-19)17-24-29-23(18-34-24)25(32)28-8-9-30-10-12-33-13-11-30/h1-7,14,18H,8-13,15-17H2,(H,28,32). The number of ether oxygens (including phenoxy) is 1. The predicted octanol–water partition coefficient (Wildman–Crippen LogP) is 3.73. The highest BCUT2D eigenvalue weighted by Crippen LogP contribution is 2.17. The van der Waals surface area contributed by atoms with E-state index < -0.39 is 0 Å². The van der Waals surface area contributed by atoms with Gasteiger partial charge in [0.05, 0.1) is 19.8 Å². The van der Waals surface area contributed by atoms with E-state index in [1.165, 1.54) is 18.4 Å². The van der Waals surface area contributed by atoms with E-state index in [1.54, 1.807) is 12.1 Å². The maximum absolute atomic E-state index is 13.3. The summed E-state index contributed by atoms with van der Waals surface area (Å²) in [5.74, 6) is -0.104. The first kappa shape index (κ1) is 24.3. The van der Waals surface area contributed by atoms with Crippen molar-refractivity contribution >= 4 is 17.5 Å². The van der Waals surface area contributed by atoms with Crippen LogP contribution in [0.5, 0.6) is 0 Å². The predicted molar refractivity (Wildman–Crippen MR) is 127 cm³/mol. The van der Waals surface area contributed by atoms with E-state index >= 15 is 0 Å². The Hall–Kier alpha value is -2.78. The molecular weight excluding hydrogens is 459 g/mol. The molecule has 1 saturated heterocycles. The van der Waals surface area contributed by atoms with Gasteiger partial charge in [-0.05, 0) is 35.4 Å². The van der Waals surface area contributed by atoms with Crippen molar-refractivity contribution in [1.82, 2.24) is 20.1 Å². The van der Waals surface area contributed by atoms with Crippen molar-refractivity contribution in [2.45, 2.75) is 19.6 Å². The van der Waals surface area contributed by atoms with E-state index in [9.17, 15) is 9.18 Å². The molecule has 0 unspecified atom stereocenters. The normalized spacial score (nSPS) is 14.4. The van der Waals surface area contributed by atoms with Gasteiger partial charge in [0.1, 0.15) is 12.1 Å². The smallest absolute Gasteiger partial charge is 0.273 e. The molecule has 0 spiro atoms. The fourth-order valence-corrected chi connectivity index (χ4v) is 4.04. The van der Waals surface area contributed by atoms with Gasteiger partial charge in [0, 0.05) is 44.3 Å². The summed E-state index contributed by atoms with van der Waals surface area (Å²) in [6.07, 6.45) is 1.38. The van der Waals surface area contributed by atoms with Crippen LogP contribution >= 0.6 is 11.6 Å². The Morgan fingerprint density at radius 1 is 1.09 bits per heavy atom. The summed E-state index contributed by atoms with van der Waals surface area (Å²) >= 11 is 6.15. The Balaban J connectivity index is 1.37. The van der Waals surface area contributed by atoms with Gasteiger partial charge in [-0.25, -0.2) is 9.37 Å². The van der Waals surface area contributed by atoms with Crippen LogP contribution in [0.3, 0.4) is 0 Å². The summed E-state index contributed by atoms with van der Waals surface area (Å²) in [4.78, 5) is 21.2. The number of carbonyl (C=O) groups is 1. The zero-order valence-corrected chi connectivity index (χ0v) is 19.6. The molecular formula is C25H28ClFN4O3. The number of oxazole rings is 1. The number of nitrogens with zero attached hydrogens (tertiary/aromatic N) is 3. The molecule has 1 aliphatic heterocycles. The van der Waals surface area contributed by atoms with Crippen LogP contribution in [-0.2, 0) is 24.4 Å². The third kappa shape index (κ3) is 7.36. The van der Waals surface area contributed by atoms with Gasteiger partial charge in [-0.2, -0.15) is 0 Å². The molecule has 34 heavy (non-hydrogen) atoms. The number of rotatable bonds is 10. The van der Waals surface area contributed by atoms with Crippen LogP contribution in [0.15, 0.2) is 59.2 Å². The van der Waals surface area contributed by atoms with E-state index in [4.69, 9.17) is 20.8 Å². The molecule has 2 aromatic carbocycles. The highest BCUT2D eigenvalue weighted by molar-refractivity contribution is 6.30. The van der Waals surface area contributed by atoms with Crippen molar-refractivity contribution in [3.63, 3.8) is 0 Å². The molecule has 180 valence electrons. The van der Waals surface area contributed by atoms with E-state index in [0.717, 1.165) is 44.0 Å². The molecule has 1 aliphatic rings. The van der Waals surface area contributed by atoms with E-state index in [0.29, 0.717) is 37.1 Å². The van der Waals surface area contributed by atoms with Gasteiger partial charge in [-0.15, -0.1) is 0 Å². The van der Waals surface area contributed by atoms with Gasteiger partial charge < -0.3 is 14.5 Å². The molecule has 1 fully saturated rings. The highest BCUT2D eigenvalue weighted by Gasteiger charge is 2.17. The Morgan fingerprint density at radius 2 is 1.85 bits per heavy atom. The number of hydrogen-bond donors (Lipinski definition) is 1. The summed E-state index contributed by atoms with van der Waals surface area (Å²) in [7, 11) is 0. The largest absolute Gasteiger partial charge is 0.447 e. The minimum atomic E-state index is -0.276. The van der Waals surface area contributed by atoms with Gasteiger partial charge >= 0.3 is 0 Å². The molecule has 9 heteroatoms. The summed E-state index contributed by atoms with van der Waals surface area (Å²) in [6, 6.07) is 14.0. The van der Waals surface area contributed by atoms with Gasteiger partial charge in [0.15, 0.2) is 5.69 Å². The number of carbonyl (C=O) groups excluding carboxylic acids is 1. The number of benzene rings is 2. The summed E-state index contributed by atoms with van der Waals surface area (Å²) < 4.78 is 24.3. The molecule has 0 radical (unpaired) electrons. The Morgan fingerprint density at radius 3 is 2.62 bits per heavy atom. The lowest BCUT2D eigenvalue weighted by Crippen LogP contribution is -2.41. The van der Waals surface area contributed by atoms with Gasteiger partial charge in [0.2, 0.25) is 5.89 Å².